The van der Waals surface area contributed by atoms with Crippen molar-refractivity contribution in [2.24, 2.45) is 0 Å². The monoisotopic (exact) mass is 215 g/mol. The summed E-state index contributed by atoms with van der Waals surface area (Å²) in [6.07, 6.45) is 4.39. The molecule has 0 amide bonds. The Hall–Kier alpha value is -1.41. The van der Waals surface area contributed by atoms with E-state index in [2.05, 4.69) is 11.9 Å². The molecule has 1 N–H and O–H groups in total. The van der Waals surface area contributed by atoms with Crippen LogP contribution < -0.4 is 0 Å². The van der Waals surface area contributed by atoms with Crippen molar-refractivity contribution in [3.63, 3.8) is 0 Å². The third kappa shape index (κ3) is 2.22. The Balaban J connectivity index is 2.36. The smallest absolute Gasteiger partial charge is 0.0797 e. The van der Waals surface area contributed by atoms with Gasteiger partial charge in [0.25, 0.3) is 0 Å². The maximum absolute atomic E-state index is 10.1. The standard InChI is InChI=1S/C14H17NO/c1-2-3-8-14(16)12-9-10-15-13-7-5-4-6-11(12)13/h4-7,9-10,14,16H,2-3,8H2,1H3. The molecule has 1 atom stereocenters. The molecule has 16 heavy (non-hydrogen) atoms. The summed E-state index contributed by atoms with van der Waals surface area (Å²) in [7, 11) is 0. The van der Waals surface area contributed by atoms with E-state index < -0.39 is 0 Å². The van der Waals surface area contributed by atoms with Crippen molar-refractivity contribution in [3.05, 3.63) is 42.1 Å². The van der Waals surface area contributed by atoms with Gasteiger partial charge in [0.05, 0.1) is 11.6 Å². The van der Waals surface area contributed by atoms with Crippen LogP contribution >= 0.6 is 0 Å². The Kier molecular flexibility index (Phi) is 3.52. The first-order valence-electron chi connectivity index (χ1n) is 5.84. The highest BCUT2D eigenvalue weighted by molar-refractivity contribution is 5.82. The highest BCUT2D eigenvalue weighted by atomic mass is 16.3. The second-order valence-electron chi connectivity index (χ2n) is 4.08. The zero-order valence-corrected chi connectivity index (χ0v) is 9.56. The number of aliphatic hydroxyl groups excluding tert-OH is 1. The number of aromatic nitrogens is 1. The molecule has 84 valence electrons. The van der Waals surface area contributed by atoms with E-state index in [1.54, 1.807) is 6.20 Å². The summed E-state index contributed by atoms with van der Waals surface area (Å²) in [5.74, 6) is 0. The predicted octanol–water partition coefficient (Wildman–Crippen LogP) is 3.46. The van der Waals surface area contributed by atoms with E-state index in [1.165, 1.54) is 0 Å². The van der Waals surface area contributed by atoms with Crippen molar-refractivity contribution in [2.45, 2.75) is 32.3 Å². The summed E-state index contributed by atoms with van der Waals surface area (Å²) in [5.41, 5.74) is 1.95. The summed E-state index contributed by atoms with van der Waals surface area (Å²) in [5, 5.41) is 11.2. The van der Waals surface area contributed by atoms with E-state index in [9.17, 15) is 5.11 Å². The number of benzene rings is 1. The lowest BCUT2D eigenvalue weighted by Crippen LogP contribution is -1.98. The Labute approximate surface area is 96.0 Å². The Morgan fingerprint density at radius 2 is 2.06 bits per heavy atom. The van der Waals surface area contributed by atoms with Gasteiger partial charge in [0.2, 0.25) is 0 Å². The molecule has 0 bridgehead atoms. The van der Waals surface area contributed by atoms with Crippen LogP contribution in [-0.4, -0.2) is 10.1 Å². The second-order valence-corrected chi connectivity index (χ2v) is 4.08. The van der Waals surface area contributed by atoms with E-state index >= 15 is 0 Å². The van der Waals surface area contributed by atoms with Gasteiger partial charge in [-0.15, -0.1) is 0 Å². The average molecular weight is 215 g/mol. The van der Waals surface area contributed by atoms with Gasteiger partial charge in [0.15, 0.2) is 0 Å². The normalized spacial score (nSPS) is 12.9. The van der Waals surface area contributed by atoms with Crippen molar-refractivity contribution in [3.8, 4) is 0 Å². The number of para-hydroxylation sites is 1. The van der Waals surface area contributed by atoms with E-state index in [4.69, 9.17) is 0 Å². The first kappa shape index (κ1) is 11.1. The number of pyridine rings is 1. The minimum Gasteiger partial charge on any atom is -0.388 e. The fourth-order valence-electron chi connectivity index (χ4n) is 1.96. The second kappa shape index (κ2) is 5.08. The molecule has 0 fully saturated rings. The van der Waals surface area contributed by atoms with E-state index in [0.717, 1.165) is 35.7 Å². The third-order valence-electron chi connectivity index (χ3n) is 2.87. The fraction of sp³-hybridized carbons (Fsp3) is 0.357. The summed E-state index contributed by atoms with van der Waals surface area (Å²) >= 11 is 0. The molecule has 2 aromatic rings. The minimum atomic E-state index is -0.368. The number of fused-ring (bicyclic) bond motifs is 1. The molecular weight excluding hydrogens is 198 g/mol. The first-order valence-corrected chi connectivity index (χ1v) is 5.84. The van der Waals surface area contributed by atoms with Crippen LogP contribution in [0.4, 0.5) is 0 Å². The summed E-state index contributed by atoms with van der Waals surface area (Å²) in [4.78, 5) is 4.29. The van der Waals surface area contributed by atoms with Crippen molar-refractivity contribution in [1.29, 1.82) is 0 Å². The van der Waals surface area contributed by atoms with Crippen LogP contribution in [0.25, 0.3) is 10.9 Å². The zero-order valence-electron chi connectivity index (χ0n) is 9.56. The summed E-state index contributed by atoms with van der Waals surface area (Å²) < 4.78 is 0. The van der Waals surface area contributed by atoms with Crippen LogP contribution in [0.3, 0.4) is 0 Å². The van der Waals surface area contributed by atoms with E-state index in [0.29, 0.717) is 0 Å². The van der Waals surface area contributed by atoms with Crippen molar-refractivity contribution in [2.75, 3.05) is 0 Å². The van der Waals surface area contributed by atoms with Gasteiger partial charge >= 0.3 is 0 Å². The molecule has 0 aliphatic carbocycles. The molecule has 2 heteroatoms. The topological polar surface area (TPSA) is 33.1 Å². The van der Waals surface area contributed by atoms with Gasteiger partial charge in [-0.2, -0.15) is 0 Å². The number of hydrogen-bond donors (Lipinski definition) is 1. The predicted molar refractivity (Wildman–Crippen MR) is 66.2 cm³/mol. The zero-order chi connectivity index (χ0) is 11.4. The molecule has 0 saturated heterocycles. The quantitative estimate of drug-likeness (QED) is 0.847. The molecule has 1 heterocycles. The maximum atomic E-state index is 10.1. The lowest BCUT2D eigenvalue weighted by molar-refractivity contribution is 0.165. The molecule has 0 aliphatic rings. The van der Waals surface area contributed by atoms with Gasteiger partial charge < -0.3 is 5.11 Å². The van der Waals surface area contributed by atoms with E-state index in [1.807, 2.05) is 30.3 Å². The minimum absolute atomic E-state index is 0.368. The summed E-state index contributed by atoms with van der Waals surface area (Å²) in [6.45, 7) is 2.14. The molecule has 0 aliphatic heterocycles. The fourth-order valence-corrected chi connectivity index (χ4v) is 1.96. The van der Waals surface area contributed by atoms with Gasteiger partial charge in [-0.05, 0) is 24.1 Å². The Morgan fingerprint density at radius 1 is 1.25 bits per heavy atom. The number of aliphatic hydroxyl groups is 1. The molecule has 1 aromatic carbocycles. The van der Waals surface area contributed by atoms with E-state index in [-0.39, 0.29) is 6.10 Å². The molecule has 0 spiro atoms. The van der Waals surface area contributed by atoms with Crippen molar-refractivity contribution >= 4 is 10.9 Å². The van der Waals surface area contributed by atoms with Crippen LogP contribution in [0.15, 0.2) is 36.5 Å². The van der Waals surface area contributed by atoms with Crippen LogP contribution in [0.5, 0.6) is 0 Å². The molecular formula is C14H17NO. The highest BCUT2D eigenvalue weighted by Crippen LogP contribution is 2.25. The molecule has 1 unspecified atom stereocenters. The first-order chi connectivity index (χ1) is 7.83. The van der Waals surface area contributed by atoms with Crippen LogP contribution in [0.1, 0.15) is 37.9 Å². The van der Waals surface area contributed by atoms with Gasteiger partial charge in [-0.1, -0.05) is 38.0 Å². The SMILES string of the molecule is CCCCC(O)c1ccnc2ccccc12. The van der Waals surface area contributed by atoms with Crippen LogP contribution in [-0.2, 0) is 0 Å². The highest BCUT2D eigenvalue weighted by Gasteiger charge is 2.10. The Bertz CT molecular complexity index is 462. The summed E-state index contributed by atoms with van der Waals surface area (Å²) in [6, 6.07) is 9.87. The van der Waals surface area contributed by atoms with Crippen LogP contribution in [0, 0.1) is 0 Å². The van der Waals surface area contributed by atoms with Crippen molar-refractivity contribution in [1.82, 2.24) is 4.98 Å². The number of nitrogens with zero attached hydrogens (tertiary/aromatic N) is 1. The molecule has 0 radical (unpaired) electrons. The van der Waals surface area contributed by atoms with Gasteiger partial charge in [-0.3, -0.25) is 4.98 Å². The van der Waals surface area contributed by atoms with Crippen molar-refractivity contribution < 1.29 is 5.11 Å². The largest absolute Gasteiger partial charge is 0.388 e. The van der Waals surface area contributed by atoms with Gasteiger partial charge in [-0.25, -0.2) is 0 Å². The third-order valence-corrected chi connectivity index (χ3v) is 2.87. The Morgan fingerprint density at radius 3 is 2.88 bits per heavy atom. The lowest BCUT2D eigenvalue weighted by Gasteiger charge is -2.12. The maximum Gasteiger partial charge on any atom is 0.0797 e. The number of unbranched alkanes of at least 4 members (excludes halogenated alkanes) is 1. The molecule has 2 rings (SSSR count). The average Bonchev–Trinajstić information content (AvgIpc) is 2.35. The van der Waals surface area contributed by atoms with Gasteiger partial charge in [0, 0.05) is 11.6 Å². The van der Waals surface area contributed by atoms with Gasteiger partial charge in [0.1, 0.15) is 0 Å². The molecule has 1 aromatic heterocycles. The number of hydrogen-bond acceptors (Lipinski definition) is 2. The number of rotatable bonds is 4. The molecule has 2 nitrogen and oxygen atoms in total. The van der Waals surface area contributed by atoms with Crippen LogP contribution in [0.2, 0.25) is 0 Å². The lowest BCUT2D eigenvalue weighted by atomic mass is 10.0. The molecule has 0 saturated carbocycles.